The Morgan fingerprint density at radius 1 is 0.863 bits per heavy atom. The third kappa shape index (κ3) is 9.34. The number of amides is 3. The van der Waals surface area contributed by atoms with Gasteiger partial charge in [0.25, 0.3) is 21.9 Å². The number of aliphatic carboxylic acids is 1. The van der Waals surface area contributed by atoms with Crippen molar-refractivity contribution in [2.75, 3.05) is 40.4 Å². The molecule has 4 heterocycles. The van der Waals surface area contributed by atoms with Crippen molar-refractivity contribution >= 4 is 90.0 Å². The molecule has 2 fully saturated rings. The molecule has 378 valence electrons. The van der Waals surface area contributed by atoms with E-state index < -0.39 is 21.3 Å². The van der Waals surface area contributed by atoms with Crippen molar-refractivity contribution < 1.29 is 56.2 Å². The second-order valence-electron chi connectivity index (χ2n) is 19.3. The summed E-state index contributed by atoms with van der Waals surface area (Å²) in [4.78, 5) is 61.9. The second kappa shape index (κ2) is 18.9. The summed E-state index contributed by atoms with van der Waals surface area (Å²) in [6.45, 7) is 0.0731. The smallest absolute Gasteiger partial charge is 0.324 e. The van der Waals surface area contributed by atoms with E-state index in [-0.39, 0.29) is 71.9 Å². The SMILES string of the molecule is COc1cc2c(cc1OCc1cc(COc3cc4c(cc3OC)C(=O)N3c5ccccc5CC35C[C@H]5N4)cc(NC(=O)CCC3(SSCCC(C(=O)O)S(=O)(=O)O)CC3)c1)N=C[C@@H]1Cc3ccccc3N1C2=O. The molecule has 2 unspecified atom stereocenters. The van der Waals surface area contributed by atoms with Gasteiger partial charge >= 0.3 is 5.97 Å². The van der Waals surface area contributed by atoms with Crippen LogP contribution in [-0.4, -0.2) is 95.6 Å². The van der Waals surface area contributed by atoms with Gasteiger partial charge in [-0.2, -0.15) is 8.42 Å². The van der Waals surface area contributed by atoms with Crippen LogP contribution in [0.2, 0.25) is 0 Å². The largest absolute Gasteiger partial charge is 0.493 e. The number of nitrogens with one attached hydrogen (secondary N) is 2. The molecule has 4 aliphatic heterocycles. The first-order valence-electron chi connectivity index (χ1n) is 23.9. The van der Waals surface area contributed by atoms with Crippen LogP contribution in [0.3, 0.4) is 0 Å². The van der Waals surface area contributed by atoms with Gasteiger partial charge in [-0.1, -0.05) is 58.0 Å². The van der Waals surface area contributed by atoms with Crippen molar-refractivity contribution in [3.63, 3.8) is 0 Å². The molecule has 5 aromatic rings. The van der Waals surface area contributed by atoms with Crippen LogP contribution < -0.4 is 39.4 Å². The van der Waals surface area contributed by atoms with Gasteiger partial charge in [-0.15, -0.1) is 0 Å². The van der Waals surface area contributed by atoms with Crippen LogP contribution >= 0.6 is 21.6 Å². The first-order valence-corrected chi connectivity index (χ1v) is 27.7. The molecule has 0 aromatic heterocycles. The molecule has 2 saturated carbocycles. The average Bonchev–Trinajstić information content (AvgIpc) is 4.23. The molecule has 17 nitrogen and oxygen atoms in total. The first-order chi connectivity index (χ1) is 35.2. The fraction of sp³-hybridized carbons (Fsp3) is 0.340. The number of methoxy groups -OCH3 is 2. The molecule has 1 spiro atoms. The topological polar surface area (TPSA) is 223 Å². The lowest BCUT2D eigenvalue weighted by atomic mass is 10.1. The number of fused-ring (bicyclic) bond motifs is 7. The third-order valence-corrected chi connectivity index (χ3v) is 19.0. The molecule has 5 aromatic carbocycles. The molecule has 3 amide bonds. The Bertz CT molecular complexity index is 3260. The maximum atomic E-state index is 14.3. The van der Waals surface area contributed by atoms with Gasteiger partial charge in [0, 0.05) is 65.2 Å². The lowest BCUT2D eigenvalue weighted by Crippen LogP contribution is -2.41. The number of carboxylic acids is 1. The minimum absolute atomic E-state index is 0.0277. The van der Waals surface area contributed by atoms with Crippen LogP contribution in [0.5, 0.6) is 23.0 Å². The number of carbonyl (C=O) groups excluding carboxylic acids is 3. The van der Waals surface area contributed by atoms with E-state index in [9.17, 15) is 37.3 Å². The highest BCUT2D eigenvalue weighted by atomic mass is 33.1. The summed E-state index contributed by atoms with van der Waals surface area (Å²) in [5, 5.41) is 14.0. The molecule has 0 bridgehead atoms. The van der Waals surface area contributed by atoms with Crippen molar-refractivity contribution in [2.24, 2.45) is 4.99 Å². The van der Waals surface area contributed by atoms with E-state index in [1.807, 2.05) is 71.6 Å². The zero-order valence-corrected chi connectivity index (χ0v) is 42.2. The van der Waals surface area contributed by atoms with Crippen LogP contribution in [0.15, 0.2) is 96.0 Å². The van der Waals surface area contributed by atoms with Crippen LogP contribution in [0.25, 0.3) is 0 Å². The van der Waals surface area contributed by atoms with Crippen LogP contribution in [0.4, 0.5) is 28.4 Å². The number of carbonyl (C=O) groups is 4. The van der Waals surface area contributed by atoms with Gasteiger partial charge < -0.3 is 34.7 Å². The van der Waals surface area contributed by atoms with E-state index >= 15 is 0 Å². The predicted octanol–water partition coefficient (Wildman–Crippen LogP) is 8.65. The Labute approximate surface area is 429 Å². The quantitative estimate of drug-likeness (QED) is 0.0345. The fourth-order valence-corrected chi connectivity index (χ4v) is 14.5. The van der Waals surface area contributed by atoms with Crippen molar-refractivity contribution in [3.05, 3.63) is 124 Å². The summed E-state index contributed by atoms with van der Waals surface area (Å²) in [6, 6.07) is 28.1. The summed E-state index contributed by atoms with van der Waals surface area (Å²) >= 11 is 0. The number of hydrogen-bond donors (Lipinski definition) is 4. The molecule has 73 heavy (non-hydrogen) atoms. The lowest BCUT2D eigenvalue weighted by molar-refractivity contribution is -0.136. The highest BCUT2D eigenvalue weighted by Gasteiger charge is 2.65. The van der Waals surface area contributed by atoms with Crippen molar-refractivity contribution in [2.45, 2.75) is 92.2 Å². The number of benzene rings is 5. The first kappa shape index (κ1) is 48.5. The Morgan fingerprint density at radius 2 is 1.53 bits per heavy atom. The molecular formula is C53H51N5O12S3. The number of ether oxygens (including phenoxy) is 4. The third-order valence-electron chi connectivity index (χ3n) is 14.5. The van der Waals surface area contributed by atoms with Crippen molar-refractivity contribution in [1.29, 1.82) is 0 Å². The average molecular weight is 1050 g/mol. The Morgan fingerprint density at radius 3 is 2.22 bits per heavy atom. The van der Waals surface area contributed by atoms with Crippen LogP contribution in [-0.2, 0) is 45.8 Å². The highest BCUT2D eigenvalue weighted by molar-refractivity contribution is 8.77. The van der Waals surface area contributed by atoms with Crippen LogP contribution in [0.1, 0.15) is 81.5 Å². The van der Waals surface area contributed by atoms with Crippen molar-refractivity contribution in [1.82, 2.24) is 0 Å². The van der Waals surface area contributed by atoms with Crippen LogP contribution in [0, 0.1) is 0 Å². The zero-order valence-electron chi connectivity index (χ0n) is 39.8. The molecular weight excluding hydrogens is 995 g/mol. The van der Waals surface area contributed by atoms with E-state index in [1.165, 1.54) is 35.8 Å². The standard InChI is InChI=1S/C53H51N5O12S3/c1-67-42-21-36-38(54-27-35-20-32-7-3-5-9-40(32)57(35)49(36)60)23-44(42)69-28-30-17-31(19-34(18-30)55-48(59)11-13-52(14-15-52)72-71-16-12-46(51(62)63)73(64,65)66)29-70-45-24-39-37(22-43(45)68-2)50(61)58-41-10-6-4-8-33(41)25-53(58)26-47(53)56-39/h3-10,17-19,21-24,27,35,46-47,56H,11-16,20,25-26,28-29H2,1-2H3,(H,55,59)(H,62,63)(H,64,65,66)/t35-,46?,47+,53?/m0/s1. The minimum atomic E-state index is -4.73. The second-order valence-corrected chi connectivity index (χ2v) is 23.7. The van der Waals surface area contributed by atoms with Gasteiger partial charge in [-0.25, -0.2) is 0 Å². The molecule has 4 N–H and O–H groups in total. The number of para-hydroxylation sites is 2. The fourth-order valence-electron chi connectivity index (χ4n) is 10.5. The van der Waals surface area contributed by atoms with E-state index in [0.717, 1.165) is 48.2 Å². The molecule has 2 aliphatic carbocycles. The molecule has 4 atom stereocenters. The summed E-state index contributed by atoms with van der Waals surface area (Å²) in [5.74, 6) is -0.436. The maximum Gasteiger partial charge on any atom is 0.324 e. The zero-order chi connectivity index (χ0) is 50.8. The number of carboxylic acid groups (broad SMARTS) is 1. The summed E-state index contributed by atoms with van der Waals surface area (Å²) in [7, 11) is 1.14. The minimum Gasteiger partial charge on any atom is -0.493 e. The molecule has 0 saturated heterocycles. The number of hydrogen-bond acceptors (Lipinski definition) is 14. The predicted molar refractivity (Wildman–Crippen MR) is 279 cm³/mol. The molecule has 0 radical (unpaired) electrons. The van der Waals surface area contributed by atoms with E-state index in [0.29, 0.717) is 75.2 Å². The number of anilines is 4. The van der Waals surface area contributed by atoms with Gasteiger partial charge in [-0.05, 0) is 96.8 Å². The van der Waals surface area contributed by atoms with Gasteiger partial charge in [0.15, 0.2) is 28.2 Å². The van der Waals surface area contributed by atoms with E-state index in [4.69, 9.17) is 23.9 Å². The summed E-state index contributed by atoms with van der Waals surface area (Å²) in [5.41, 5.74) is 7.52. The lowest BCUT2D eigenvalue weighted by Gasteiger charge is -2.25. The Balaban J connectivity index is 0.820. The monoisotopic (exact) mass is 1050 g/mol. The van der Waals surface area contributed by atoms with E-state index in [2.05, 4.69) is 16.7 Å². The summed E-state index contributed by atoms with van der Waals surface area (Å²) in [6.07, 6.45) is 6.20. The van der Waals surface area contributed by atoms with Crippen molar-refractivity contribution in [3.8, 4) is 23.0 Å². The maximum absolute atomic E-state index is 14.3. The Hall–Kier alpha value is -6.74. The molecule has 11 rings (SSSR count). The number of aliphatic imine (C=N–C) groups is 1. The van der Waals surface area contributed by atoms with Gasteiger partial charge in [0.2, 0.25) is 5.91 Å². The van der Waals surface area contributed by atoms with E-state index in [1.54, 1.807) is 29.3 Å². The van der Waals surface area contributed by atoms with Gasteiger partial charge in [0.05, 0.1) is 54.3 Å². The van der Waals surface area contributed by atoms with Gasteiger partial charge in [-0.3, -0.25) is 38.5 Å². The number of nitrogens with zero attached hydrogens (tertiary/aromatic N) is 3. The Kier molecular flexibility index (Phi) is 12.6. The normalized spacial score (nSPS) is 20.6. The number of rotatable bonds is 19. The molecule has 6 aliphatic rings. The summed E-state index contributed by atoms with van der Waals surface area (Å²) < 4.78 is 56.7. The molecule has 20 heteroatoms. The van der Waals surface area contributed by atoms with Gasteiger partial charge in [0.1, 0.15) is 13.2 Å². The highest BCUT2D eigenvalue weighted by Crippen LogP contribution is 2.58.